The third-order valence-corrected chi connectivity index (χ3v) is 10.8. The molecule has 1 aliphatic heterocycles. The van der Waals surface area contributed by atoms with E-state index in [1.165, 1.54) is 60.7 Å². The van der Waals surface area contributed by atoms with Crippen LogP contribution < -0.4 is 4.74 Å². The van der Waals surface area contributed by atoms with Crippen molar-refractivity contribution in [3.05, 3.63) is 216 Å². The first-order valence-electron chi connectivity index (χ1n) is 20.4. The fourth-order valence-electron chi connectivity index (χ4n) is 8.23. The van der Waals surface area contributed by atoms with Crippen LogP contribution in [0.3, 0.4) is 0 Å². The molecule has 2 heteroatoms. The molecule has 0 bridgehead atoms. The molecule has 1 aromatic heterocycles. The molecule has 1 aliphatic carbocycles. The molecule has 2 aliphatic rings. The molecule has 0 saturated heterocycles. The first kappa shape index (κ1) is 40.6. The second-order valence-corrected chi connectivity index (χ2v) is 14.4. The molecule has 0 atom stereocenters. The van der Waals surface area contributed by atoms with E-state index in [0.29, 0.717) is 6.61 Å². The Kier molecular flexibility index (Phi) is 13.0. The molecule has 2 nitrogen and oxygen atoms in total. The third kappa shape index (κ3) is 8.09. The lowest BCUT2D eigenvalue weighted by atomic mass is 9.83. The van der Waals surface area contributed by atoms with Crippen molar-refractivity contribution in [1.82, 2.24) is 4.57 Å². The Balaban J connectivity index is 0.000000726. The molecule has 0 radical (unpaired) electrons. The normalized spacial score (nSPS) is 13.9. The van der Waals surface area contributed by atoms with Crippen LogP contribution in [0.4, 0.5) is 0 Å². The first-order chi connectivity index (χ1) is 29.6. The second-order valence-electron chi connectivity index (χ2n) is 14.4. The van der Waals surface area contributed by atoms with Crippen LogP contribution in [0.2, 0.25) is 0 Å². The van der Waals surface area contributed by atoms with Crippen molar-refractivity contribution < 1.29 is 4.74 Å². The maximum Gasteiger partial charge on any atom is 0.131 e. The molecule has 6 aromatic carbocycles. The van der Waals surface area contributed by atoms with E-state index >= 15 is 0 Å². The molecule has 0 fully saturated rings. The van der Waals surface area contributed by atoms with Crippen LogP contribution in [0.1, 0.15) is 41.8 Å². The van der Waals surface area contributed by atoms with Gasteiger partial charge in [0.2, 0.25) is 0 Å². The minimum atomic E-state index is 0.541. The van der Waals surface area contributed by atoms with Gasteiger partial charge in [-0.05, 0) is 124 Å². The number of fused-ring (bicyclic) bond motifs is 4. The van der Waals surface area contributed by atoms with E-state index in [1.807, 2.05) is 19.1 Å². The Hall–Kier alpha value is -7.56. The van der Waals surface area contributed by atoms with Crippen molar-refractivity contribution in [2.45, 2.75) is 27.2 Å². The van der Waals surface area contributed by atoms with E-state index in [0.717, 1.165) is 40.2 Å². The van der Waals surface area contributed by atoms with Gasteiger partial charge in [0, 0.05) is 22.7 Å². The van der Waals surface area contributed by atoms with Gasteiger partial charge in [0.1, 0.15) is 12.4 Å². The summed E-state index contributed by atoms with van der Waals surface area (Å²) in [5.74, 6) is 0.958. The molecule has 7 aromatic rings. The summed E-state index contributed by atoms with van der Waals surface area (Å²) in [4.78, 5) is 0. The smallest absolute Gasteiger partial charge is 0.131 e. The van der Waals surface area contributed by atoms with Gasteiger partial charge < -0.3 is 9.30 Å². The van der Waals surface area contributed by atoms with Gasteiger partial charge in [-0.1, -0.05) is 158 Å². The van der Waals surface area contributed by atoms with Crippen molar-refractivity contribution in [1.29, 1.82) is 0 Å². The van der Waals surface area contributed by atoms with E-state index in [9.17, 15) is 0 Å². The molecular formula is C58H49NO. The largest absolute Gasteiger partial charge is 0.489 e. The molecule has 0 unspecified atom stereocenters. The Morgan fingerprint density at radius 2 is 1.35 bits per heavy atom. The van der Waals surface area contributed by atoms with Crippen LogP contribution in [-0.4, -0.2) is 11.2 Å². The molecule has 292 valence electrons. The van der Waals surface area contributed by atoms with Gasteiger partial charge in [0.25, 0.3) is 0 Å². The van der Waals surface area contributed by atoms with Gasteiger partial charge in [-0.25, -0.2) is 0 Å². The number of aromatic nitrogens is 1. The number of ether oxygens (including phenoxy) is 1. The summed E-state index contributed by atoms with van der Waals surface area (Å²) in [6.07, 6.45) is 33.9. The third-order valence-electron chi connectivity index (χ3n) is 10.8. The predicted molar refractivity (Wildman–Crippen MR) is 261 cm³/mol. The molecule has 2 heterocycles. The van der Waals surface area contributed by atoms with Gasteiger partial charge in [0.15, 0.2) is 0 Å². The molecule has 0 N–H and O–H groups in total. The number of allylic oxidation sites excluding steroid dienone is 9. The molecule has 0 amide bonds. The average Bonchev–Trinajstić information content (AvgIpc) is 3.48. The zero-order valence-corrected chi connectivity index (χ0v) is 34.6. The Labute approximate surface area is 355 Å². The summed E-state index contributed by atoms with van der Waals surface area (Å²) < 4.78 is 8.80. The summed E-state index contributed by atoms with van der Waals surface area (Å²) in [6.45, 7) is 10.3. The first-order valence-corrected chi connectivity index (χ1v) is 20.4. The van der Waals surface area contributed by atoms with Crippen LogP contribution in [0.5, 0.6) is 5.75 Å². The number of aryl methyl sites for hydroxylation is 1. The van der Waals surface area contributed by atoms with E-state index in [-0.39, 0.29) is 0 Å². The quantitative estimate of drug-likeness (QED) is 0.0932. The van der Waals surface area contributed by atoms with Crippen molar-refractivity contribution in [3.8, 4) is 52.0 Å². The Morgan fingerprint density at radius 1 is 0.683 bits per heavy atom. The minimum absolute atomic E-state index is 0.541. The summed E-state index contributed by atoms with van der Waals surface area (Å²) >= 11 is 0. The van der Waals surface area contributed by atoms with Crippen LogP contribution in [0.15, 0.2) is 188 Å². The summed E-state index contributed by atoms with van der Waals surface area (Å²) in [6, 6.07) is 43.8. The van der Waals surface area contributed by atoms with E-state index in [2.05, 4.69) is 220 Å². The monoisotopic (exact) mass is 775 g/mol. The predicted octanol–water partition coefficient (Wildman–Crippen LogP) is 15.4. The fraction of sp³-hybridized carbons (Fsp3) is 0.0862. The zero-order valence-electron chi connectivity index (χ0n) is 34.6. The number of benzene rings is 6. The van der Waals surface area contributed by atoms with Gasteiger partial charge in [-0.3, -0.25) is 0 Å². The second kappa shape index (κ2) is 19.3. The van der Waals surface area contributed by atoms with Crippen LogP contribution in [-0.2, 0) is 6.42 Å². The van der Waals surface area contributed by atoms with Gasteiger partial charge >= 0.3 is 0 Å². The van der Waals surface area contributed by atoms with Crippen molar-refractivity contribution in [2.75, 3.05) is 6.61 Å². The minimum Gasteiger partial charge on any atom is -0.489 e. The maximum absolute atomic E-state index is 6.40. The average molecular weight is 776 g/mol. The zero-order chi connectivity index (χ0) is 41.8. The lowest BCUT2D eigenvalue weighted by Crippen LogP contribution is -2.00. The summed E-state index contributed by atoms with van der Waals surface area (Å²) in [5, 5.41) is 3.68. The number of hydrogen-bond donors (Lipinski definition) is 0. The number of rotatable bonds is 6. The highest BCUT2D eigenvalue weighted by Gasteiger charge is 2.23. The van der Waals surface area contributed by atoms with Crippen molar-refractivity contribution >= 4 is 45.6 Å². The lowest BCUT2D eigenvalue weighted by molar-refractivity contribution is 0.361. The van der Waals surface area contributed by atoms with Crippen LogP contribution >= 0.6 is 0 Å². The van der Waals surface area contributed by atoms with Crippen molar-refractivity contribution in [3.63, 3.8) is 0 Å². The topological polar surface area (TPSA) is 14.2 Å². The van der Waals surface area contributed by atoms with E-state index < -0.39 is 0 Å². The molecule has 9 rings (SSSR count). The van der Waals surface area contributed by atoms with Gasteiger partial charge in [-0.15, -0.1) is 18.6 Å². The number of para-hydroxylation sites is 1. The number of nitrogens with zero attached hydrogens (tertiary/aromatic N) is 1. The van der Waals surface area contributed by atoms with E-state index in [1.54, 1.807) is 6.08 Å². The van der Waals surface area contributed by atoms with Crippen molar-refractivity contribution in [2.24, 2.45) is 0 Å². The fourth-order valence-corrected chi connectivity index (χ4v) is 8.23. The molecule has 0 saturated carbocycles. The summed E-state index contributed by atoms with van der Waals surface area (Å²) in [7, 11) is 0. The molecule has 60 heavy (non-hydrogen) atoms. The van der Waals surface area contributed by atoms with Gasteiger partial charge in [0.05, 0.1) is 11.2 Å². The number of hydrogen-bond acceptors (Lipinski definition) is 1. The SMILES string of the molecule is C#C.C/C=C\c1c(C)c2cc(-c3cccc4c3OC/C=C\C=C/C4)ccc2n1C1=Cc2c(c(-c3ccccc3)c3ccccc3c2-c2ccccc2)C=C=C1.C=C/C=C\C. The highest BCUT2D eigenvalue weighted by molar-refractivity contribution is 6.13. The maximum atomic E-state index is 6.40. The highest BCUT2D eigenvalue weighted by atomic mass is 16.5. The van der Waals surface area contributed by atoms with Crippen LogP contribution in [0.25, 0.3) is 79.0 Å². The number of terminal acetylenes is 1. The molecule has 0 spiro atoms. The molecular weight excluding hydrogens is 727 g/mol. The lowest BCUT2D eigenvalue weighted by Gasteiger charge is -2.20. The Morgan fingerprint density at radius 3 is 2.00 bits per heavy atom. The van der Waals surface area contributed by atoms with Gasteiger partial charge in [-0.2, -0.15) is 0 Å². The standard InChI is InChI=1S/C51H39NO.C5H8.C2H2/c1-3-18-47-35(2)45-33-39(41-28-16-24-38-23-8-4-5-15-32-53-51(38)41)30-31-48(45)52(47)40-25-17-29-44-46(34-40)50(37-21-11-7-12-22-37)43-27-14-13-26-42(43)49(44)36-19-9-6-10-20-36;1-3-5-4-2;1-2/h3-16,18-22,24-31,33-34H,23,32H2,1-2H3;3-5H,1H2,2H3;1-2H/b8-4-,15-5-,18-3-;5-4-;. The van der Waals surface area contributed by atoms with E-state index in [4.69, 9.17) is 4.74 Å². The highest BCUT2D eigenvalue weighted by Crippen LogP contribution is 2.45. The Bertz CT molecular complexity index is 2920. The van der Waals surface area contributed by atoms with Crippen LogP contribution in [0, 0.1) is 19.8 Å². The summed E-state index contributed by atoms with van der Waals surface area (Å²) in [5.41, 5.74) is 18.9.